The van der Waals surface area contributed by atoms with Gasteiger partial charge in [-0.2, -0.15) is 0 Å². The Morgan fingerprint density at radius 1 is 1.03 bits per heavy atom. The lowest BCUT2D eigenvalue weighted by atomic mass is 10.1. The molecule has 8 nitrogen and oxygen atoms in total. The van der Waals surface area contributed by atoms with Crippen LogP contribution < -0.4 is 4.90 Å². The molecule has 0 spiro atoms. The van der Waals surface area contributed by atoms with Gasteiger partial charge in [0.15, 0.2) is 0 Å². The van der Waals surface area contributed by atoms with E-state index in [1.165, 1.54) is 0 Å². The molecule has 3 heterocycles. The van der Waals surface area contributed by atoms with Crippen LogP contribution in [0.25, 0.3) is 11.3 Å². The molecule has 0 atom stereocenters. The van der Waals surface area contributed by atoms with Crippen LogP contribution in [0.3, 0.4) is 0 Å². The summed E-state index contributed by atoms with van der Waals surface area (Å²) < 4.78 is 5.48. The van der Waals surface area contributed by atoms with Crippen LogP contribution in [0.1, 0.15) is 18.6 Å². The molecule has 0 unspecified atom stereocenters. The van der Waals surface area contributed by atoms with Crippen LogP contribution in [0.5, 0.6) is 0 Å². The van der Waals surface area contributed by atoms with E-state index in [-0.39, 0.29) is 5.91 Å². The Kier molecular flexibility index (Phi) is 7.45. The van der Waals surface area contributed by atoms with E-state index in [1.54, 1.807) is 12.4 Å². The Bertz CT molecular complexity index is 970. The van der Waals surface area contributed by atoms with Crippen LogP contribution in [0.2, 0.25) is 0 Å². The summed E-state index contributed by atoms with van der Waals surface area (Å²) in [6, 6.07) is 13.9. The van der Waals surface area contributed by atoms with Crippen molar-refractivity contribution in [1.29, 1.82) is 0 Å². The van der Waals surface area contributed by atoms with E-state index in [1.807, 2.05) is 47.4 Å². The highest BCUT2D eigenvalue weighted by molar-refractivity contribution is 5.76. The molecule has 0 radical (unpaired) electrons. The lowest BCUT2D eigenvalue weighted by Crippen LogP contribution is -2.49. The molecule has 1 aromatic carbocycles. The van der Waals surface area contributed by atoms with E-state index in [2.05, 4.69) is 32.0 Å². The molecule has 32 heavy (non-hydrogen) atoms. The number of amides is 1. The van der Waals surface area contributed by atoms with Gasteiger partial charge in [-0.15, -0.1) is 0 Å². The summed E-state index contributed by atoms with van der Waals surface area (Å²) in [4.78, 5) is 27.5. The van der Waals surface area contributed by atoms with Crippen molar-refractivity contribution in [3.63, 3.8) is 0 Å². The number of carbonyl (C=O) groups excluding carboxylic acids is 1. The molecule has 1 amide bonds. The van der Waals surface area contributed by atoms with Gasteiger partial charge in [-0.05, 0) is 26.1 Å². The smallest absolute Gasteiger partial charge is 0.225 e. The van der Waals surface area contributed by atoms with Crippen molar-refractivity contribution in [3.8, 4) is 11.3 Å². The predicted octanol–water partition coefficient (Wildman–Crippen LogP) is 2.73. The van der Waals surface area contributed by atoms with Crippen LogP contribution in [-0.2, 0) is 11.2 Å². The fraction of sp³-hybridized carbons (Fsp3) is 0.417. The van der Waals surface area contributed by atoms with Crippen molar-refractivity contribution in [1.82, 2.24) is 24.9 Å². The minimum Gasteiger partial charge on any atom is -0.361 e. The zero-order valence-electron chi connectivity index (χ0n) is 18.6. The third kappa shape index (κ3) is 5.91. The first-order chi connectivity index (χ1) is 15.7. The number of aryl methyl sites for hydroxylation is 1. The maximum absolute atomic E-state index is 12.6. The summed E-state index contributed by atoms with van der Waals surface area (Å²) in [5.74, 6) is 1.85. The van der Waals surface area contributed by atoms with Crippen molar-refractivity contribution in [2.75, 3.05) is 51.2 Å². The van der Waals surface area contributed by atoms with Crippen molar-refractivity contribution in [2.24, 2.45) is 0 Å². The maximum atomic E-state index is 12.6. The summed E-state index contributed by atoms with van der Waals surface area (Å²) in [5, 5.41) is 4.17. The molecule has 1 saturated heterocycles. The molecule has 1 fully saturated rings. The molecule has 1 aliphatic rings. The van der Waals surface area contributed by atoms with Gasteiger partial charge in [0.1, 0.15) is 11.5 Å². The lowest BCUT2D eigenvalue weighted by Gasteiger charge is -2.35. The monoisotopic (exact) mass is 434 g/mol. The second-order valence-corrected chi connectivity index (χ2v) is 8.12. The highest BCUT2D eigenvalue weighted by atomic mass is 16.5. The molecule has 0 bridgehead atoms. The van der Waals surface area contributed by atoms with E-state index in [0.717, 1.165) is 75.1 Å². The highest BCUT2D eigenvalue weighted by Gasteiger charge is 2.22. The number of nitrogens with zero attached hydrogens (tertiary/aromatic N) is 6. The van der Waals surface area contributed by atoms with Gasteiger partial charge >= 0.3 is 0 Å². The first-order valence-corrected chi connectivity index (χ1v) is 11.2. The molecule has 2 aromatic heterocycles. The number of aromatic nitrogens is 3. The van der Waals surface area contributed by atoms with Gasteiger partial charge in [-0.1, -0.05) is 35.5 Å². The first kappa shape index (κ1) is 22.0. The molecule has 3 aromatic rings. The van der Waals surface area contributed by atoms with Crippen LogP contribution >= 0.6 is 0 Å². The number of hydrogen-bond acceptors (Lipinski definition) is 7. The molecule has 0 saturated carbocycles. The quantitative estimate of drug-likeness (QED) is 0.512. The number of anilines is 1. The minimum absolute atomic E-state index is 0.216. The number of carbonyl (C=O) groups is 1. The Labute approximate surface area is 188 Å². The highest BCUT2D eigenvalue weighted by Crippen LogP contribution is 2.19. The molecule has 8 heteroatoms. The van der Waals surface area contributed by atoms with E-state index >= 15 is 0 Å². The van der Waals surface area contributed by atoms with Crippen molar-refractivity contribution >= 4 is 11.9 Å². The molecular formula is C24H30N6O2. The van der Waals surface area contributed by atoms with Gasteiger partial charge < -0.3 is 19.2 Å². The number of rotatable bonds is 9. The molecule has 0 N–H and O–H groups in total. The third-order valence-electron chi connectivity index (χ3n) is 5.77. The predicted molar refractivity (Wildman–Crippen MR) is 123 cm³/mol. The lowest BCUT2D eigenvalue weighted by molar-refractivity contribution is -0.131. The summed E-state index contributed by atoms with van der Waals surface area (Å²) in [6.07, 6.45) is 5.84. The number of hydrogen-bond donors (Lipinski definition) is 0. The van der Waals surface area contributed by atoms with Crippen LogP contribution in [0.4, 0.5) is 5.95 Å². The van der Waals surface area contributed by atoms with E-state index in [0.29, 0.717) is 6.42 Å². The van der Waals surface area contributed by atoms with Crippen LogP contribution in [0.15, 0.2) is 59.4 Å². The molecular weight excluding hydrogens is 404 g/mol. The van der Waals surface area contributed by atoms with Gasteiger partial charge in [-0.3, -0.25) is 4.79 Å². The van der Waals surface area contributed by atoms with Crippen molar-refractivity contribution in [2.45, 2.75) is 19.3 Å². The second kappa shape index (κ2) is 10.9. The second-order valence-electron chi connectivity index (χ2n) is 8.12. The number of benzene rings is 1. The summed E-state index contributed by atoms with van der Waals surface area (Å²) >= 11 is 0. The topological polar surface area (TPSA) is 78.6 Å². The molecule has 0 aliphatic carbocycles. The van der Waals surface area contributed by atoms with Gasteiger partial charge in [0, 0.05) is 69.6 Å². The molecule has 4 rings (SSSR count). The third-order valence-corrected chi connectivity index (χ3v) is 5.77. The largest absolute Gasteiger partial charge is 0.361 e. The average Bonchev–Trinajstić information content (AvgIpc) is 3.33. The van der Waals surface area contributed by atoms with Crippen molar-refractivity contribution in [3.05, 3.63) is 60.6 Å². The Hall–Kier alpha value is -3.26. The summed E-state index contributed by atoms with van der Waals surface area (Å²) in [7, 11) is 2.06. The average molecular weight is 435 g/mol. The standard InChI is InChI=1S/C24H30N6O2/c1-28(13-5-9-21-19-22(27-32-21)20-7-3-2-4-8-20)14-10-23(31)29-15-17-30(18-16-29)24-25-11-6-12-26-24/h2-4,6-8,11-12,19H,5,9-10,13-18H2,1H3. The molecule has 1 aliphatic heterocycles. The van der Waals surface area contributed by atoms with E-state index in [9.17, 15) is 4.79 Å². The number of piperazine rings is 1. The van der Waals surface area contributed by atoms with Crippen LogP contribution in [0, 0.1) is 0 Å². The Morgan fingerprint density at radius 3 is 2.53 bits per heavy atom. The normalized spacial score (nSPS) is 14.2. The summed E-state index contributed by atoms with van der Waals surface area (Å²) in [5.41, 5.74) is 1.94. The Balaban J connectivity index is 1.13. The van der Waals surface area contributed by atoms with Gasteiger partial charge in [0.2, 0.25) is 11.9 Å². The fourth-order valence-corrected chi connectivity index (χ4v) is 3.87. The molecule has 168 valence electrons. The minimum atomic E-state index is 0.216. The van der Waals surface area contributed by atoms with Crippen molar-refractivity contribution < 1.29 is 9.32 Å². The fourth-order valence-electron chi connectivity index (χ4n) is 3.87. The zero-order chi connectivity index (χ0) is 22.2. The van der Waals surface area contributed by atoms with Gasteiger partial charge in [0.25, 0.3) is 0 Å². The van der Waals surface area contributed by atoms with Crippen LogP contribution in [-0.4, -0.2) is 77.1 Å². The summed E-state index contributed by atoms with van der Waals surface area (Å²) in [6.45, 7) is 4.65. The van der Waals surface area contributed by atoms with E-state index in [4.69, 9.17) is 4.52 Å². The van der Waals surface area contributed by atoms with E-state index < -0.39 is 0 Å². The Morgan fingerprint density at radius 2 is 1.78 bits per heavy atom. The zero-order valence-corrected chi connectivity index (χ0v) is 18.6. The first-order valence-electron chi connectivity index (χ1n) is 11.2. The van der Waals surface area contributed by atoms with Gasteiger partial charge in [-0.25, -0.2) is 9.97 Å². The maximum Gasteiger partial charge on any atom is 0.225 e. The van der Waals surface area contributed by atoms with Gasteiger partial charge in [0.05, 0.1) is 0 Å². The SMILES string of the molecule is CN(CCCc1cc(-c2ccccc2)no1)CCC(=O)N1CCN(c2ncccn2)CC1.